The van der Waals surface area contributed by atoms with Crippen LogP contribution in [-0.2, 0) is 31.1 Å². The monoisotopic (exact) mass is 206 g/mol. The van der Waals surface area contributed by atoms with E-state index in [9.17, 15) is 4.79 Å². The number of nitrogens with zero attached hydrogens (tertiary/aromatic N) is 2. The second-order valence-electron chi connectivity index (χ2n) is 4.39. The second kappa shape index (κ2) is 4.17. The first-order chi connectivity index (χ1) is 7.18. The summed E-state index contributed by atoms with van der Waals surface area (Å²) in [7, 11) is 2.08. The highest BCUT2D eigenvalue weighted by Gasteiger charge is 2.17. The van der Waals surface area contributed by atoms with Gasteiger partial charge in [0.15, 0.2) is 0 Å². The van der Waals surface area contributed by atoms with Gasteiger partial charge in [0, 0.05) is 25.6 Å². The van der Waals surface area contributed by atoms with E-state index in [1.165, 1.54) is 24.2 Å². The van der Waals surface area contributed by atoms with E-state index in [1.807, 2.05) is 0 Å². The Balaban J connectivity index is 2.18. The Kier molecular flexibility index (Phi) is 2.89. The highest BCUT2D eigenvalue weighted by atomic mass is 16.1. The van der Waals surface area contributed by atoms with Crippen LogP contribution in [0.15, 0.2) is 0 Å². The lowest BCUT2D eigenvalue weighted by molar-refractivity contribution is -0.117. The number of rotatable bonds is 3. The molecule has 2 rings (SSSR count). The smallest absolute Gasteiger partial charge is 0.130 e. The van der Waals surface area contributed by atoms with Crippen molar-refractivity contribution in [2.45, 2.75) is 45.4 Å². The van der Waals surface area contributed by atoms with Gasteiger partial charge in [0.05, 0.1) is 5.69 Å². The van der Waals surface area contributed by atoms with Crippen LogP contribution in [0.3, 0.4) is 0 Å². The number of Topliss-reactive ketones (excluding diaryl/α,β-unsaturated/α-hetero) is 1. The van der Waals surface area contributed by atoms with Crippen molar-refractivity contribution >= 4 is 5.78 Å². The van der Waals surface area contributed by atoms with Crippen LogP contribution in [0.1, 0.15) is 43.4 Å². The number of carbonyl (C=O) groups is 1. The summed E-state index contributed by atoms with van der Waals surface area (Å²) in [4.78, 5) is 15.6. The van der Waals surface area contributed by atoms with Gasteiger partial charge in [0.2, 0.25) is 0 Å². The number of aromatic nitrogens is 2. The average Bonchev–Trinajstić information content (AvgIpc) is 2.54. The number of fused-ring (bicyclic) bond motifs is 1. The molecule has 0 aromatic carbocycles. The molecular weight excluding hydrogens is 188 g/mol. The molecule has 0 amide bonds. The first kappa shape index (κ1) is 10.4. The van der Waals surface area contributed by atoms with Crippen molar-refractivity contribution in [3.8, 4) is 0 Å². The summed E-state index contributed by atoms with van der Waals surface area (Å²) in [6.45, 7) is 1.64. The molecule has 0 radical (unpaired) electrons. The zero-order valence-electron chi connectivity index (χ0n) is 9.55. The van der Waals surface area contributed by atoms with Crippen LogP contribution in [-0.4, -0.2) is 15.3 Å². The fourth-order valence-corrected chi connectivity index (χ4v) is 2.25. The molecule has 3 nitrogen and oxygen atoms in total. The molecular formula is C12H18N2O. The van der Waals surface area contributed by atoms with E-state index < -0.39 is 0 Å². The maximum atomic E-state index is 10.9. The molecule has 0 fully saturated rings. The van der Waals surface area contributed by atoms with Crippen molar-refractivity contribution in [2.24, 2.45) is 7.05 Å². The second-order valence-corrected chi connectivity index (χ2v) is 4.39. The first-order valence-corrected chi connectivity index (χ1v) is 5.71. The Bertz CT molecular complexity index is 379. The van der Waals surface area contributed by atoms with Crippen LogP contribution >= 0.6 is 0 Å². The van der Waals surface area contributed by atoms with Gasteiger partial charge in [-0.3, -0.25) is 0 Å². The van der Waals surface area contributed by atoms with Crippen LogP contribution in [0.4, 0.5) is 0 Å². The van der Waals surface area contributed by atoms with Gasteiger partial charge in [-0.1, -0.05) is 0 Å². The third kappa shape index (κ3) is 2.11. The van der Waals surface area contributed by atoms with E-state index in [-0.39, 0.29) is 5.78 Å². The zero-order chi connectivity index (χ0) is 10.8. The van der Waals surface area contributed by atoms with Gasteiger partial charge in [-0.2, -0.15) is 0 Å². The molecule has 0 saturated carbocycles. The predicted octanol–water partition coefficient (Wildman–Crippen LogP) is 1.82. The van der Waals surface area contributed by atoms with Crippen molar-refractivity contribution in [3.05, 3.63) is 17.2 Å². The number of hydrogen-bond acceptors (Lipinski definition) is 2. The standard InChI is InChI=1S/C12H18N2O/c1-9(15)7-8-12-13-10-5-3-4-6-11(10)14(12)2/h3-8H2,1-2H3. The number of carbonyl (C=O) groups excluding carboxylic acids is 1. The lowest BCUT2D eigenvalue weighted by Gasteiger charge is -2.11. The molecule has 1 aromatic rings. The summed E-state index contributed by atoms with van der Waals surface area (Å²) in [6, 6.07) is 0. The highest BCUT2D eigenvalue weighted by molar-refractivity contribution is 5.75. The van der Waals surface area contributed by atoms with Crippen LogP contribution in [0, 0.1) is 0 Å². The molecule has 0 aliphatic heterocycles. The molecule has 0 spiro atoms. The van der Waals surface area contributed by atoms with E-state index in [2.05, 4.69) is 16.6 Å². The van der Waals surface area contributed by atoms with Crippen molar-refractivity contribution < 1.29 is 4.79 Å². The minimum absolute atomic E-state index is 0.246. The Labute approximate surface area is 90.5 Å². The summed E-state index contributed by atoms with van der Waals surface area (Å²) in [6.07, 6.45) is 6.21. The normalized spacial score (nSPS) is 15.1. The maximum Gasteiger partial charge on any atom is 0.130 e. The number of ketones is 1. The molecule has 0 atom stereocenters. The fraction of sp³-hybridized carbons (Fsp3) is 0.667. The van der Waals surface area contributed by atoms with Gasteiger partial charge in [-0.25, -0.2) is 4.98 Å². The summed E-state index contributed by atoms with van der Waals surface area (Å²) in [5, 5.41) is 0. The van der Waals surface area contributed by atoms with Crippen molar-refractivity contribution in [1.29, 1.82) is 0 Å². The number of imidazole rings is 1. The molecule has 82 valence electrons. The van der Waals surface area contributed by atoms with Crippen LogP contribution in [0.25, 0.3) is 0 Å². The summed E-state index contributed by atoms with van der Waals surface area (Å²) < 4.78 is 2.19. The molecule has 1 aliphatic carbocycles. The topological polar surface area (TPSA) is 34.9 Å². The average molecular weight is 206 g/mol. The van der Waals surface area contributed by atoms with Crippen LogP contribution in [0.5, 0.6) is 0 Å². The molecule has 0 N–H and O–H groups in total. The Morgan fingerprint density at radius 3 is 2.80 bits per heavy atom. The summed E-state index contributed by atoms with van der Waals surface area (Å²) in [5.74, 6) is 1.33. The summed E-state index contributed by atoms with van der Waals surface area (Å²) >= 11 is 0. The van der Waals surface area contributed by atoms with Gasteiger partial charge in [0.1, 0.15) is 11.6 Å². The third-order valence-corrected chi connectivity index (χ3v) is 3.17. The summed E-state index contributed by atoms with van der Waals surface area (Å²) in [5.41, 5.74) is 2.65. The third-order valence-electron chi connectivity index (χ3n) is 3.17. The van der Waals surface area contributed by atoms with Gasteiger partial charge >= 0.3 is 0 Å². The molecule has 1 aliphatic rings. The zero-order valence-corrected chi connectivity index (χ0v) is 9.55. The van der Waals surface area contributed by atoms with E-state index >= 15 is 0 Å². The fourth-order valence-electron chi connectivity index (χ4n) is 2.25. The molecule has 3 heteroatoms. The number of aryl methyl sites for hydroxylation is 2. The largest absolute Gasteiger partial charge is 0.335 e. The number of hydrogen-bond donors (Lipinski definition) is 0. The molecule has 0 bridgehead atoms. The van der Waals surface area contributed by atoms with Gasteiger partial charge in [-0.05, 0) is 32.6 Å². The Morgan fingerprint density at radius 2 is 2.13 bits per heavy atom. The quantitative estimate of drug-likeness (QED) is 0.756. The highest BCUT2D eigenvalue weighted by Crippen LogP contribution is 2.21. The molecule has 1 heterocycles. The molecule has 0 unspecified atom stereocenters. The van der Waals surface area contributed by atoms with Crippen molar-refractivity contribution in [1.82, 2.24) is 9.55 Å². The minimum Gasteiger partial charge on any atom is -0.335 e. The van der Waals surface area contributed by atoms with Crippen molar-refractivity contribution in [2.75, 3.05) is 0 Å². The van der Waals surface area contributed by atoms with E-state index in [1.54, 1.807) is 6.92 Å². The Hall–Kier alpha value is -1.12. The van der Waals surface area contributed by atoms with E-state index in [4.69, 9.17) is 0 Å². The Morgan fingerprint density at radius 1 is 1.40 bits per heavy atom. The van der Waals surface area contributed by atoms with E-state index in [0.717, 1.165) is 25.1 Å². The lowest BCUT2D eigenvalue weighted by Crippen LogP contribution is -2.07. The SMILES string of the molecule is CC(=O)CCc1nc2c(n1C)CCCC2. The van der Waals surface area contributed by atoms with Gasteiger partial charge < -0.3 is 9.36 Å². The predicted molar refractivity (Wildman–Crippen MR) is 58.9 cm³/mol. The molecule has 0 saturated heterocycles. The van der Waals surface area contributed by atoms with E-state index in [0.29, 0.717) is 6.42 Å². The van der Waals surface area contributed by atoms with Crippen LogP contribution < -0.4 is 0 Å². The van der Waals surface area contributed by atoms with Gasteiger partial charge in [0.25, 0.3) is 0 Å². The molecule has 15 heavy (non-hydrogen) atoms. The maximum absolute atomic E-state index is 10.9. The lowest BCUT2D eigenvalue weighted by atomic mass is 10.0. The first-order valence-electron chi connectivity index (χ1n) is 5.71. The molecule has 1 aromatic heterocycles. The van der Waals surface area contributed by atoms with Gasteiger partial charge in [-0.15, -0.1) is 0 Å². The minimum atomic E-state index is 0.246. The van der Waals surface area contributed by atoms with Crippen LogP contribution in [0.2, 0.25) is 0 Å². The van der Waals surface area contributed by atoms with Crippen molar-refractivity contribution in [3.63, 3.8) is 0 Å².